The Bertz CT molecular complexity index is 474. The number of likely N-dealkylation sites (tertiary alicyclic amines) is 1. The number of piperidine rings is 1. The van der Waals surface area contributed by atoms with Crippen LogP contribution in [0.1, 0.15) is 42.5 Å². The van der Waals surface area contributed by atoms with Crippen molar-refractivity contribution in [2.75, 3.05) is 13.1 Å². The molecule has 1 saturated carbocycles. The van der Waals surface area contributed by atoms with Crippen molar-refractivity contribution in [1.29, 1.82) is 0 Å². The van der Waals surface area contributed by atoms with Gasteiger partial charge in [-0.3, -0.25) is 4.79 Å². The summed E-state index contributed by atoms with van der Waals surface area (Å²) < 4.78 is 1.14. The molecule has 1 aliphatic heterocycles. The zero-order valence-electron chi connectivity index (χ0n) is 11.1. The van der Waals surface area contributed by atoms with Gasteiger partial charge >= 0.3 is 0 Å². The van der Waals surface area contributed by atoms with Gasteiger partial charge in [0.1, 0.15) is 0 Å². The van der Waals surface area contributed by atoms with Gasteiger partial charge < -0.3 is 4.90 Å². The van der Waals surface area contributed by atoms with E-state index in [4.69, 9.17) is 0 Å². The molecule has 2 aliphatic rings. The maximum absolute atomic E-state index is 12.5. The molecule has 2 atom stereocenters. The first-order chi connectivity index (χ1) is 9.24. The Labute approximate surface area is 128 Å². The van der Waals surface area contributed by atoms with Crippen LogP contribution in [0.15, 0.2) is 24.3 Å². The van der Waals surface area contributed by atoms with Gasteiger partial charge in [0.2, 0.25) is 0 Å². The summed E-state index contributed by atoms with van der Waals surface area (Å²) in [6.07, 6.45) is 6.66. The van der Waals surface area contributed by atoms with Crippen LogP contribution < -0.4 is 0 Å². The van der Waals surface area contributed by atoms with E-state index in [0.29, 0.717) is 0 Å². The van der Waals surface area contributed by atoms with Crippen LogP contribution in [0.4, 0.5) is 0 Å². The molecule has 0 aromatic heterocycles. The molecule has 0 unspecified atom stereocenters. The molecule has 0 spiro atoms. The van der Waals surface area contributed by atoms with E-state index in [0.717, 1.165) is 34.1 Å². The molecule has 0 bridgehead atoms. The molecule has 3 heteroatoms. The Hall–Kier alpha value is -0.580. The van der Waals surface area contributed by atoms with E-state index >= 15 is 0 Å². The predicted octanol–water partition coefficient (Wildman–Crippen LogP) is 3.94. The lowest BCUT2D eigenvalue weighted by Gasteiger charge is -2.41. The second-order valence-electron chi connectivity index (χ2n) is 5.85. The van der Waals surface area contributed by atoms with E-state index in [1.54, 1.807) is 0 Å². The summed E-state index contributed by atoms with van der Waals surface area (Å²) in [5.41, 5.74) is 0.848. The van der Waals surface area contributed by atoms with Gasteiger partial charge in [-0.1, -0.05) is 25.3 Å². The van der Waals surface area contributed by atoms with E-state index in [1.807, 2.05) is 24.3 Å². The third-order valence-electron chi connectivity index (χ3n) is 4.65. The maximum atomic E-state index is 12.5. The lowest BCUT2D eigenvalue weighted by Crippen LogP contribution is -2.44. The van der Waals surface area contributed by atoms with Crippen LogP contribution in [0.2, 0.25) is 0 Å². The number of halogens is 1. The first kappa shape index (κ1) is 13.4. The number of fused-ring (bicyclic) bond motifs is 1. The molecular formula is C16H20INO. The third-order valence-corrected chi connectivity index (χ3v) is 5.32. The zero-order chi connectivity index (χ0) is 13.2. The highest BCUT2D eigenvalue weighted by Crippen LogP contribution is 2.36. The number of rotatable bonds is 1. The Kier molecular flexibility index (Phi) is 4.10. The monoisotopic (exact) mass is 369 g/mol. The van der Waals surface area contributed by atoms with Crippen molar-refractivity contribution >= 4 is 28.5 Å². The van der Waals surface area contributed by atoms with Crippen LogP contribution in [0.25, 0.3) is 0 Å². The molecule has 1 heterocycles. The fraction of sp³-hybridized carbons (Fsp3) is 0.562. The van der Waals surface area contributed by atoms with Gasteiger partial charge in [0, 0.05) is 22.2 Å². The second kappa shape index (κ2) is 5.81. The van der Waals surface area contributed by atoms with Crippen molar-refractivity contribution in [2.45, 2.75) is 32.1 Å². The molecule has 1 saturated heterocycles. The summed E-state index contributed by atoms with van der Waals surface area (Å²) in [6, 6.07) is 7.94. The van der Waals surface area contributed by atoms with Gasteiger partial charge in [0.25, 0.3) is 5.91 Å². The van der Waals surface area contributed by atoms with Crippen LogP contribution in [0.5, 0.6) is 0 Å². The lowest BCUT2D eigenvalue weighted by atomic mass is 9.75. The average molecular weight is 369 g/mol. The van der Waals surface area contributed by atoms with Crippen LogP contribution in [0.3, 0.4) is 0 Å². The summed E-state index contributed by atoms with van der Waals surface area (Å²) in [6.45, 7) is 1.93. The van der Waals surface area contributed by atoms with E-state index in [-0.39, 0.29) is 5.91 Å². The van der Waals surface area contributed by atoms with E-state index in [2.05, 4.69) is 27.5 Å². The number of benzene rings is 1. The maximum Gasteiger partial charge on any atom is 0.253 e. The van der Waals surface area contributed by atoms with Crippen LogP contribution >= 0.6 is 22.6 Å². The lowest BCUT2D eigenvalue weighted by molar-refractivity contribution is 0.0521. The third kappa shape index (κ3) is 2.96. The minimum absolute atomic E-state index is 0.225. The first-order valence-corrected chi connectivity index (χ1v) is 8.37. The van der Waals surface area contributed by atoms with Crippen LogP contribution in [0, 0.1) is 15.4 Å². The summed E-state index contributed by atoms with van der Waals surface area (Å²) >= 11 is 2.27. The standard InChI is InChI=1S/C16H20INO/c17-15-7-3-6-13(10-15)16(19)18-9-8-12-4-1-2-5-14(12)11-18/h3,6-7,10,12,14H,1-2,4-5,8-9,11H2/t12-,14-/m0/s1. The Morgan fingerprint density at radius 2 is 1.95 bits per heavy atom. The molecule has 3 rings (SSSR count). The van der Waals surface area contributed by atoms with Gasteiger partial charge in [-0.2, -0.15) is 0 Å². The summed E-state index contributed by atoms with van der Waals surface area (Å²) in [4.78, 5) is 14.6. The van der Waals surface area contributed by atoms with Crippen molar-refractivity contribution in [1.82, 2.24) is 4.90 Å². The fourth-order valence-electron chi connectivity index (χ4n) is 3.59. The van der Waals surface area contributed by atoms with E-state index < -0.39 is 0 Å². The molecule has 0 N–H and O–H groups in total. The van der Waals surface area contributed by atoms with Gasteiger partial charge in [-0.05, 0) is 65.5 Å². The molecular weight excluding hydrogens is 349 g/mol. The summed E-state index contributed by atoms with van der Waals surface area (Å²) in [7, 11) is 0. The second-order valence-corrected chi connectivity index (χ2v) is 7.10. The molecule has 1 amide bonds. The summed E-state index contributed by atoms with van der Waals surface area (Å²) in [5, 5.41) is 0. The summed E-state index contributed by atoms with van der Waals surface area (Å²) in [5.74, 6) is 1.87. The molecule has 19 heavy (non-hydrogen) atoms. The first-order valence-electron chi connectivity index (χ1n) is 7.29. The molecule has 1 aromatic rings. The van der Waals surface area contributed by atoms with Gasteiger partial charge in [-0.15, -0.1) is 0 Å². The highest BCUT2D eigenvalue weighted by atomic mass is 127. The van der Waals surface area contributed by atoms with Crippen molar-refractivity contribution < 1.29 is 4.79 Å². The van der Waals surface area contributed by atoms with E-state index in [9.17, 15) is 4.79 Å². The Balaban J connectivity index is 1.71. The van der Waals surface area contributed by atoms with Crippen molar-refractivity contribution in [3.63, 3.8) is 0 Å². The van der Waals surface area contributed by atoms with Gasteiger partial charge in [-0.25, -0.2) is 0 Å². The molecule has 2 nitrogen and oxygen atoms in total. The largest absolute Gasteiger partial charge is 0.338 e. The number of amides is 1. The molecule has 0 radical (unpaired) electrons. The van der Waals surface area contributed by atoms with E-state index in [1.165, 1.54) is 32.1 Å². The number of nitrogens with zero attached hydrogens (tertiary/aromatic N) is 1. The van der Waals surface area contributed by atoms with Crippen molar-refractivity contribution in [2.24, 2.45) is 11.8 Å². The smallest absolute Gasteiger partial charge is 0.253 e. The topological polar surface area (TPSA) is 20.3 Å². The predicted molar refractivity (Wildman–Crippen MR) is 85.1 cm³/mol. The highest BCUT2D eigenvalue weighted by molar-refractivity contribution is 14.1. The minimum Gasteiger partial charge on any atom is -0.338 e. The number of hydrogen-bond acceptors (Lipinski definition) is 1. The fourth-order valence-corrected chi connectivity index (χ4v) is 4.13. The van der Waals surface area contributed by atoms with Crippen LogP contribution in [-0.2, 0) is 0 Å². The molecule has 1 aromatic carbocycles. The SMILES string of the molecule is O=C(c1cccc(I)c1)N1CC[C@@H]2CCCC[C@H]2C1. The molecule has 2 fully saturated rings. The Morgan fingerprint density at radius 3 is 2.74 bits per heavy atom. The zero-order valence-corrected chi connectivity index (χ0v) is 13.3. The van der Waals surface area contributed by atoms with Crippen LogP contribution in [-0.4, -0.2) is 23.9 Å². The molecule has 102 valence electrons. The number of carbonyl (C=O) groups excluding carboxylic acids is 1. The average Bonchev–Trinajstić information content (AvgIpc) is 2.46. The number of hydrogen-bond donors (Lipinski definition) is 0. The van der Waals surface area contributed by atoms with Gasteiger partial charge in [0.15, 0.2) is 0 Å². The highest BCUT2D eigenvalue weighted by Gasteiger charge is 2.33. The normalized spacial score (nSPS) is 26.9. The van der Waals surface area contributed by atoms with Crippen molar-refractivity contribution in [3.05, 3.63) is 33.4 Å². The Morgan fingerprint density at radius 1 is 1.16 bits per heavy atom. The number of carbonyl (C=O) groups is 1. The van der Waals surface area contributed by atoms with Crippen molar-refractivity contribution in [3.8, 4) is 0 Å². The quantitative estimate of drug-likeness (QED) is 0.687. The minimum atomic E-state index is 0.225. The molecule has 1 aliphatic carbocycles. The van der Waals surface area contributed by atoms with Gasteiger partial charge in [0.05, 0.1) is 0 Å².